The van der Waals surface area contributed by atoms with Crippen LogP contribution in [0.15, 0.2) is 42.0 Å². The molecule has 0 spiro atoms. The van der Waals surface area contributed by atoms with Crippen LogP contribution in [-0.4, -0.2) is 30.8 Å². The van der Waals surface area contributed by atoms with Gasteiger partial charge in [0.05, 0.1) is 31.2 Å². The lowest BCUT2D eigenvalue weighted by Gasteiger charge is -2.27. The number of rotatable bonds is 4. The van der Waals surface area contributed by atoms with E-state index in [1.54, 1.807) is 0 Å². The zero-order valence-electron chi connectivity index (χ0n) is 13.5. The van der Waals surface area contributed by atoms with Gasteiger partial charge in [-0.05, 0) is 24.5 Å². The van der Waals surface area contributed by atoms with Crippen LogP contribution in [0.2, 0.25) is 0 Å². The first kappa shape index (κ1) is 15.5. The van der Waals surface area contributed by atoms with Crippen molar-refractivity contribution in [2.45, 2.75) is 32.2 Å². The number of hydrogen-bond acceptors (Lipinski definition) is 5. The van der Waals surface area contributed by atoms with Crippen LogP contribution in [0.1, 0.15) is 18.9 Å². The molecule has 24 heavy (non-hydrogen) atoms. The van der Waals surface area contributed by atoms with Crippen LogP contribution < -0.4 is 0 Å². The van der Waals surface area contributed by atoms with Crippen molar-refractivity contribution in [2.75, 3.05) is 6.61 Å². The monoisotopic (exact) mass is 328 g/mol. The number of benzene rings is 1. The summed E-state index contributed by atoms with van der Waals surface area (Å²) in [5, 5.41) is 0. The molecule has 1 aromatic rings. The molecule has 2 heterocycles. The highest BCUT2D eigenvalue weighted by molar-refractivity contribution is 5.97. The summed E-state index contributed by atoms with van der Waals surface area (Å²) in [5.74, 6) is -1.58. The van der Waals surface area contributed by atoms with Crippen LogP contribution in [-0.2, 0) is 30.4 Å². The van der Waals surface area contributed by atoms with Crippen LogP contribution in [0.25, 0.3) is 0 Å². The van der Waals surface area contributed by atoms with Crippen molar-refractivity contribution in [3.63, 3.8) is 0 Å². The number of fused-ring (bicyclic) bond motifs is 3. The Bertz CT molecular complexity index is 680. The van der Waals surface area contributed by atoms with Gasteiger partial charge in [0.15, 0.2) is 0 Å². The third-order valence-corrected chi connectivity index (χ3v) is 5.24. The van der Waals surface area contributed by atoms with E-state index in [9.17, 15) is 9.59 Å². The molecule has 4 rings (SSSR count). The fourth-order valence-electron chi connectivity index (χ4n) is 3.99. The molecule has 0 aromatic heterocycles. The van der Waals surface area contributed by atoms with Crippen molar-refractivity contribution in [2.24, 2.45) is 17.8 Å². The van der Waals surface area contributed by atoms with Crippen molar-refractivity contribution in [3.8, 4) is 0 Å². The van der Waals surface area contributed by atoms with Crippen LogP contribution in [0.5, 0.6) is 0 Å². The van der Waals surface area contributed by atoms with Gasteiger partial charge in [-0.2, -0.15) is 0 Å². The van der Waals surface area contributed by atoms with E-state index in [-0.39, 0.29) is 30.0 Å². The Hall–Kier alpha value is -1.98. The van der Waals surface area contributed by atoms with Crippen LogP contribution in [0.4, 0.5) is 0 Å². The molecule has 0 saturated carbocycles. The van der Waals surface area contributed by atoms with E-state index in [2.05, 4.69) is 0 Å². The number of carbonyl (C=O) groups excluding carboxylic acids is 2. The van der Waals surface area contributed by atoms with Gasteiger partial charge in [0, 0.05) is 5.92 Å². The highest BCUT2D eigenvalue weighted by Crippen LogP contribution is 2.46. The topological polar surface area (TPSA) is 61.8 Å². The summed E-state index contributed by atoms with van der Waals surface area (Å²) in [7, 11) is 0. The Morgan fingerprint density at radius 1 is 1.17 bits per heavy atom. The van der Waals surface area contributed by atoms with Crippen molar-refractivity contribution >= 4 is 11.9 Å². The summed E-state index contributed by atoms with van der Waals surface area (Å²) in [6.07, 6.45) is 2.31. The molecule has 2 fully saturated rings. The fraction of sp³-hybridized carbons (Fsp3) is 0.474. The van der Waals surface area contributed by atoms with Crippen LogP contribution in [0, 0.1) is 17.8 Å². The Morgan fingerprint density at radius 2 is 1.96 bits per heavy atom. The van der Waals surface area contributed by atoms with Gasteiger partial charge in [0.25, 0.3) is 0 Å². The molecule has 0 bridgehead atoms. The maximum absolute atomic E-state index is 12.0. The SMILES string of the molecule is C[C@H](OCc1ccccc1)[C@@H]1OC[C@@H]2C1=CC[C@@H]1C(=O)OC(=O)[C@@H]12. The largest absolute Gasteiger partial charge is 0.393 e. The van der Waals surface area contributed by atoms with E-state index >= 15 is 0 Å². The molecule has 5 nitrogen and oxygen atoms in total. The molecule has 0 unspecified atom stereocenters. The third-order valence-electron chi connectivity index (χ3n) is 5.24. The first-order chi connectivity index (χ1) is 11.6. The second-order valence-corrected chi connectivity index (χ2v) is 6.67. The fourth-order valence-corrected chi connectivity index (χ4v) is 3.99. The smallest absolute Gasteiger partial charge is 0.318 e. The lowest BCUT2D eigenvalue weighted by atomic mass is 9.73. The molecular formula is C19H20O5. The van der Waals surface area contributed by atoms with Crippen molar-refractivity contribution in [1.29, 1.82) is 0 Å². The minimum Gasteiger partial charge on any atom is -0.393 e. The first-order valence-corrected chi connectivity index (χ1v) is 8.37. The normalized spacial score (nSPS) is 32.8. The minimum absolute atomic E-state index is 0.0597. The molecule has 1 aliphatic carbocycles. The minimum atomic E-state index is -0.400. The number of ether oxygens (including phenoxy) is 3. The van der Waals surface area contributed by atoms with E-state index in [0.717, 1.165) is 11.1 Å². The summed E-state index contributed by atoms with van der Waals surface area (Å²) in [5.41, 5.74) is 2.20. The molecule has 0 N–H and O–H groups in total. The second kappa shape index (κ2) is 6.15. The van der Waals surface area contributed by atoms with E-state index in [1.807, 2.05) is 43.3 Å². The van der Waals surface area contributed by atoms with Gasteiger partial charge in [-0.25, -0.2) is 0 Å². The summed E-state index contributed by atoms with van der Waals surface area (Å²) >= 11 is 0. The van der Waals surface area contributed by atoms with Crippen molar-refractivity contribution in [3.05, 3.63) is 47.5 Å². The summed E-state index contributed by atoms with van der Waals surface area (Å²) < 4.78 is 16.7. The summed E-state index contributed by atoms with van der Waals surface area (Å²) in [6, 6.07) is 9.99. The molecule has 5 heteroatoms. The Morgan fingerprint density at radius 3 is 2.75 bits per heavy atom. The average molecular weight is 328 g/mol. The molecular weight excluding hydrogens is 308 g/mol. The Balaban J connectivity index is 1.45. The van der Waals surface area contributed by atoms with Crippen LogP contribution >= 0.6 is 0 Å². The molecule has 5 atom stereocenters. The Labute approximate surface area is 140 Å². The zero-order chi connectivity index (χ0) is 16.7. The van der Waals surface area contributed by atoms with Crippen molar-refractivity contribution in [1.82, 2.24) is 0 Å². The predicted octanol–water partition coefficient (Wildman–Crippen LogP) is 2.25. The highest BCUT2D eigenvalue weighted by Gasteiger charge is 2.54. The number of carbonyl (C=O) groups is 2. The maximum Gasteiger partial charge on any atom is 0.318 e. The third kappa shape index (κ3) is 2.58. The number of esters is 2. The van der Waals surface area contributed by atoms with E-state index in [4.69, 9.17) is 14.2 Å². The summed E-state index contributed by atoms with van der Waals surface area (Å²) in [4.78, 5) is 23.7. The lowest BCUT2D eigenvalue weighted by molar-refractivity contribution is -0.154. The van der Waals surface area contributed by atoms with Gasteiger partial charge in [0.2, 0.25) is 0 Å². The van der Waals surface area contributed by atoms with Gasteiger partial charge < -0.3 is 14.2 Å². The molecule has 3 aliphatic rings. The molecule has 2 saturated heterocycles. The molecule has 0 amide bonds. The van der Waals surface area contributed by atoms with E-state index in [1.165, 1.54) is 0 Å². The lowest BCUT2D eigenvalue weighted by Crippen LogP contribution is -2.34. The van der Waals surface area contributed by atoms with E-state index in [0.29, 0.717) is 19.6 Å². The average Bonchev–Trinajstić information content (AvgIpc) is 3.15. The van der Waals surface area contributed by atoms with E-state index < -0.39 is 11.9 Å². The first-order valence-electron chi connectivity index (χ1n) is 8.37. The molecule has 126 valence electrons. The standard InChI is InChI=1S/C19H20O5/c1-11(22-9-12-5-3-2-4-6-12)17-13-7-8-14-16(15(13)10-23-17)19(21)24-18(14)20/h2-7,11,14-17H,8-10H2,1H3/t11-,14-,15+,16-,17-/m0/s1. The van der Waals surface area contributed by atoms with Gasteiger partial charge >= 0.3 is 11.9 Å². The molecule has 1 aromatic carbocycles. The molecule has 2 aliphatic heterocycles. The second-order valence-electron chi connectivity index (χ2n) is 6.67. The predicted molar refractivity (Wildman–Crippen MR) is 84.7 cm³/mol. The highest BCUT2D eigenvalue weighted by atomic mass is 16.6. The van der Waals surface area contributed by atoms with Gasteiger partial charge in [-0.3, -0.25) is 9.59 Å². The van der Waals surface area contributed by atoms with Crippen molar-refractivity contribution < 1.29 is 23.8 Å². The number of cyclic esters (lactones) is 2. The van der Waals surface area contributed by atoms with Gasteiger partial charge in [-0.15, -0.1) is 0 Å². The van der Waals surface area contributed by atoms with Gasteiger partial charge in [0.1, 0.15) is 6.10 Å². The summed E-state index contributed by atoms with van der Waals surface area (Å²) in [6.45, 7) is 2.95. The van der Waals surface area contributed by atoms with Gasteiger partial charge in [-0.1, -0.05) is 36.4 Å². The quantitative estimate of drug-likeness (QED) is 0.482. The number of hydrogen-bond donors (Lipinski definition) is 0. The Kier molecular flexibility index (Phi) is 3.98. The number of allylic oxidation sites excluding steroid dienone is 1. The van der Waals surface area contributed by atoms with Crippen LogP contribution in [0.3, 0.4) is 0 Å². The maximum atomic E-state index is 12.0. The molecule has 0 radical (unpaired) electrons. The zero-order valence-corrected chi connectivity index (χ0v) is 13.5.